The lowest BCUT2D eigenvalue weighted by molar-refractivity contribution is -0.139. The summed E-state index contributed by atoms with van der Waals surface area (Å²) in [6, 6.07) is 14.9. The minimum absolute atomic E-state index is 0.0680. The SMILES string of the molecule is CCSC.COC(=O)CNC(=O)c1ccc(NCC(N)CS)cc1-c1ccccc1. The number of methoxy groups -OCH3 is 1. The van der Waals surface area contributed by atoms with Crippen LogP contribution in [0.3, 0.4) is 0 Å². The number of benzene rings is 2. The Kier molecular flexibility index (Phi) is 12.7. The van der Waals surface area contributed by atoms with Crippen molar-refractivity contribution in [3.05, 3.63) is 54.1 Å². The molecule has 8 heteroatoms. The van der Waals surface area contributed by atoms with Crippen LogP contribution in [0.15, 0.2) is 48.5 Å². The first kappa shape index (κ1) is 25.9. The van der Waals surface area contributed by atoms with Gasteiger partial charge in [0, 0.05) is 29.6 Å². The van der Waals surface area contributed by atoms with Crippen LogP contribution >= 0.6 is 24.4 Å². The summed E-state index contributed by atoms with van der Waals surface area (Å²) in [6.45, 7) is 2.54. The Balaban J connectivity index is 0.00000103. The first-order chi connectivity index (χ1) is 14.5. The number of nitrogens with two attached hydrogens (primary N) is 1. The minimum Gasteiger partial charge on any atom is -0.468 e. The van der Waals surface area contributed by atoms with Crippen molar-refractivity contribution in [2.45, 2.75) is 13.0 Å². The predicted octanol–water partition coefficient (Wildman–Crippen LogP) is 3.29. The zero-order valence-corrected chi connectivity index (χ0v) is 19.4. The molecule has 1 unspecified atom stereocenters. The third kappa shape index (κ3) is 9.11. The summed E-state index contributed by atoms with van der Waals surface area (Å²) in [7, 11) is 1.28. The molecule has 0 aliphatic carbocycles. The number of anilines is 1. The normalized spacial score (nSPS) is 11.0. The lowest BCUT2D eigenvalue weighted by atomic mass is 9.98. The zero-order valence-electron chi connectivity index (χ0n) is 17.7. The van der Waals surface area contributed by atoms with E-state index < -0.39 is 5.97 Å². The fourth-order valence-corrected chi connectivity index (χ4v) is 2.47. The van der Waals surface area contributed by atoms with Crippen LogP contribution in [0.25, 0.3) is 11.1 Å². The number of carbonyl (C=O) groups excluding carboxylic acids is 2. The van der Waals surface area contributed by atoms with E-state index in [-0.39, 0.29) is 18.5 Å². The molecular weight excluding hydrogens is 418 g/mol. The number of esters is 1. The molecule has 0 aliphatic rings. The second kappa shape index (κ2) is 14.8. The molecule has 2 rings (SSSR count). The van der Waals surface area contributed by atoms with Crippen molar-refractivity contribution in [3.8, 4) is 11.1 Å². The van der Waals surface area contributed by atoms with Crippen molar-refractivity contribution in [3.63, 3.8) is 0 Å². The molecule has 164 valence electrons. The monoisotopic (exact) mass is 449 g/mol. The molecule has 1 amide bonds. The van der Waals surface area contributed by atoms with Gasteiger partial charge >= 0.3 is 5.97 Å². The average molecular weight is 450 g/mol. The van der Waals surface area contributed by atoms with E-state index >= 15 is 0 Å². The van der Waals surface area contributed by atoms with Crippen molar-refractivity contribution in [2.75, 3.05) is 43.3 Å². The molecule has 30 heavy (non-hydrogen) atoms. The highest BCUT2D eigenvalue weighted by Gasteiger charge is 2.15. The van der Waals surface area contributed by atoms with Crippen molar-refractivity contribution < 1.29 is 14.3 Å². The summed E-state index contributed by atoms with van der Waals surface area (Å²) in [5.41, 5.74) is 8.87. The number of ether oxygens (including phenoxy) is 1. The second-order valence-electron chi connectivity index (χ2n) is 6.29. The minimum atomic E-state index is -0.501. The summed E-state index contributed by atoms with van der Waals surface area (Å²) in [6.07, 6.45) is 2.10. The molecule has 0 radical (unpaired) electrons. The third-order valence-electron chi connectivity index (χ3n) is 4.06. The van der Waals surface area contributed by atoms with Crippen molar-refractivity contribution in [1.29, 1.82) is 0 Å². The molecule has 0 fully saturated rings. The molecule has 0 heterocycles. The highest BCUT2D eigenvalue weighted by molar-refractivity contribution is 7.98. The highest BCUT2D eigenvalue weighted by Crippen LogP contribution is 2.27. The van der Waals surface area contributed by atoms with E-state index in [0.717, 1.165) is 16.8 Å². The number of thioether (sulfide) groups is 1. The fraction of sp³-hybridized carbons (Fsp3) is 0.364. The quantitative estimate of drug-likeness (QED) is 0.347. The van der Waals surface area contributed by atoms with Gasteiger partial charge in [0.05, 0.1) is 7.11 Å². The number of rotatable bonds is 9. The second-order valence-corrected chi connectivity index (χ2v) is 7.81. The van der Waals surface area contributed by atoms with Crippen molar-refractivity contribution in [1.82, 2.24) is 5.32 Å². The Morgan fingerprint density at radius 3 is 2.43 bits per heavy atom. The third-order valence-corrected chi connectivity index (χ3v) is 5.11. The number of hydrogen-bond acceptors (Lipinski definition) is 7. The molecule has 0 aliphatic heterocycles. The summed E-state index contributed by atoms with van der Waals surface area (Å²) >= 11 is 6.03. The lowest BCUT2D eigenvalue weighted by Crippen LogP contribution is -2.31. The maximum absolute atomic E-state index is 12.5. The predicted molar refractivity (Wildman–Crippen MR) is 131 cm³/mol. The Bertz CT molecular complexity index is 786. The molecule has 6 nitrogen and oxygen atoms in total. The van der Waals surface area contributed by atoms with Gasteiger partial charge in [-0.1, -0.05) is 37.3 Å². The van der Waals surface area contributed by atoms with Gasteiger partial charge in [-0.2, -0.15) is 24.4 Å². The maximum Gasteiger partial charge on any atom is 0.325 e. The van der Waals surface area contributed by atoms with Gasteiger partial charge in [0.15, 0.2) is 0 Å². The van der Waals surface area contributed by atoms with Crippen LogP contribution < -0.4 is 16.4 Å². The summed E-state index contributed by atoms with van der Waals surface area (Å²) in [5, 5.41) is 5.83. The Hall–Kier alpha value is -2.16. The molecule has 2 aromatic carbocycles. The highest BCUT2D eigenvalue weighted by atomic mass is 32.2. The average Bonchev–Trinajstić information content (AvgIpc) is 2.81. The molecule has 0 saturated carbocycles. The molecule has 0 aromatic heterocycles. The van der Waals surface area contributed by atoms with E-state index in [1.165, 1.54) is 12.9 Å². The first-order valence-corrected chi connectivity index (χ1v) is 11.6. The lowest BCUT2D eigenvalue weighted by Gasteiger charge is -2.15. The topological polar surface area (TPSA) is 93.4 Å². The largest absolute Gasteiger partial charge is 0.468 e. The van der Waals surface area contributed by atoms with E-state index in [9.17, 15) is 9.59 Å². The number of amides is 1. The summed E-state index contributed by atoms with van der Waals surface area (Å²) < 4.78 is 4.55. The molecule has 1 atom stereocenters. The van der Waals surface area contributed by atoms with E-state index in [1.54, 1.807) is 6.07 Å². The van der Waals surface area contributed by atoms with Crippen molar-refractivity contribution >= 4 is 42.0 Å². The smallest absolute Gasteiger partial charge is 0.325 e. The van der Waals surface area contributed by atoms with Gasteiger partial charge < -0.3 is 21.1 Å². The van der Waals surface area contributed by atoms with Crippen LogP contribution in [0.5, 0.6) is 0 Å². The number of thiol groups is 1. The van der Waals surface area contributed by atoms with Crippen LogP contribution in [0, 0.1) is 0 Å². The summed E-state index contributed by atoms with van der Waals surface area (Å²) in [5.74, 6) is 0.971. The van der Waals surface area contributed by atoms with E-state index in [1.807, 2.05) is 54.2 Å². The molecule has 0 bridgehead atoms. The number of nitrogens with one attached hydrogen (secondary N) is 2. The molecule has 2 aromatic rings. The zero-order chi connectivity index (χ0) is 22.4. The van der Waals surface area contributed by atoms with Crippen LogP contribution in [0.1, 0.15) is 17.3 Å². The molecule has 0 spiro atoms. The van der Waals surface area contributed by atoms with E-state index in [4.69, 9.17) is 5.73 Å². The van der Waals surface area contributed by atoms with Gasteiger partial charge in [0.2, 0.25) is 0 Å². The first-order valence-electron chi connectivity index (χ1n) is 9.60. The van der Waals surface area contributed by atoms with Crippen LogP contribution in [0.4, 0.5) is 5.69 Å². The Labute approximate surface area is 188 Å². The number of hydrogen-bond donors (Lipinski definition) is 4. The van der Waals surface area contributed by atoms with Gasteiger partial charge in [-0.15, -0.1) is 0 Å². The van der Waals surface area contributed by atoms with E-state index in [0.29, 0.717) is 17.9 Å². The molecular formula is C22H31N3O3S2. The van der Waals surface area contributed by atoms with Crippen LogP contribution in [-0.2, 0) is 9.53 Å². The number of carbonyl (C=O) groups is 2. The Morgan fingerprint density at radius 1 is 1.20 bits per heavy atom. The van der Waals surface area contributed by atoms with E-state index in [2.05, 4.69) is 41.2 Å². The fourth-order valence-electron chi connectivity index (χ4n) is 2.34. The molecule has 4 N–H and O–H groups in total. The van der Waals surface area contributed by atoms with Gasteiger partial charge in [-0.3, -0.25) is 9.59 Å². The van der Waals surface area contributed by atoms with Crippen LogP contribution in [0.2, 0.25) is 0 Å². The standard InChI is InChI=1S/C19H23N3O3S.C3H8S/c1-25-18(23)11-22-19(24)16-8-7-15(21-10-14(20)12-26)9-17(16)13-5-3-2-4-6-13;1-3-4-2/h2-9,14,21,26H,10-12,20H2,1H3,(H,22,24);3H2,1-2H3. The van der Waals surface area contributed by atoms with Gasteiger partial charge in [-0.25, -0.2) is 0 Å². The van der Waals surface area contributed by atoms with Gasteiger partial charge in [-0.05, 0) is 41.3 Å². The Morgan fingerprint density at radius 2 is 1.87 bits per heavy atom. The van der Waals surface area contributed by atoms with Gasteiger partial charge in [0.25, 0.3) is 5.91 Å². The summed E-state index contributed by atoms with van der Waals surface area (Å²) in [4.78, 5) is 23.8. The van der Waals surface area contributed by atoms with Crippen molar-refractivity contribution in [2.24, 2.45) is 5.73 Å². The maximum atomic E-state index is 12.5. The van der Waals surface area contributed by atoms with Gasteiger partial charge in [0.1, 0.15) is 6.54 Å². The molecule has 0 saturated heterocycles. The van der Waals surface area contributed by atoms with Crippen LogP contribution in [-0.4, -0.2) is 55.9 Å².